The third-order valence-corrected chi connectivity index (χ3v) is 3.48. The molecule has 0 saturated carbocycles. The number of nitrogens with zero attached hydrogens (tertiary/aromatic N) is 4. The molecule has 2 aromatic carbocycles. The van der Waals surface area contributed by atoms with Crippen LogP contribution in [0.25, 0.3) is 0 Å². The quantitative estimate of drug-likeness (QED) is 0.495. The summed E-state index contributed by atoms with van der Waals surface area (Å²) in [5, 5.41) is 9.01. The highest BCUT2D eigenvalue weighted by atomic mass is 16.3. The second kappa shape index (κ2) is 9.30. The molecule has 120 valence electrons. The first kappa shape index (κ1) is 16.6. The van der Waals surface area contributed by atoms with E-state index in [0.717, 1.165) is 11.1 Å². The van der Waals surface area contributed by atoms with Gasteiger partial charge >= 0.3 is 0 Å². The standard InChI is InChI=1S/C17H20N4O2/c22-18-20(14-16-8-3-1-4-9-16)12-7-13-21(19-23)15-17-10-5-2-6-11-17/h1-6,8-11H,7,12-15H2. The molecule has 23 heavy (non-hydrogen) atoms. The fourth-order valence-corrected chi connectivity index (χ4v) is 2.32. The minimum atomic E-state index is 0.470. The maximum atomic E-state index is 10.9. The third kappa shape index (κ3) is 5.86. The molecule has 0 fully saturated rings. The van der Waals surface area contributed by atoms with E-state index in [1.165, 1.54) is 10.0 Å². The van der Waals surface area contributed by atoms with E-state index >= 15 is 0 Å². The summed E-state index contributed by atoms with van der Waals surface area (Å²) < 4.78 is 0. The van der Waals surface area contributed by atoms with Crippen LogP contribution in [-0.2, 0) is 13.1 Å². The Bertz CT molecular complexity index is 539. The molecule has 0 unspecified atom stereocenters. The molecule has 0 aliphatic heterocycles. The van der Waals surface area contributed by atoms with E-state index < -0.39 is 0 Å². The van der Waals surface area contributed by atoms with Crippen LogP contribution in [0.3, 0.4) is 0 Å². The van der Waals surface area contributed by atoms with Crippen LogP contribution in [0.4, 0.5) is 0 Å². The van der Waals surface area contributed by atoms with E-state index in [-0.39, 0.29) is 0 Å². The first-order chi connectivity index (χ1) is 11.3. The van der Waals surface area contributed by atoms with Crippen molar-refractivity contribution < 1.29 is 0 Å². The lowest BCUT2D eigenvalue weighted by Gasteiger charge is -2.18. The van der Waals surface area contributed by atoms with Crippen molar-refractivity contribution in [2.45, 2.75) is 19.5 Å². The average Bonchev–Trinajstić information content (AvgIpc) is 2.61. The summed E-state index contributed by atoms with van der Waals surface area (Å²) in [6, 6.07) is 19.4. The summed E-state index contributed by atoms with van der Waals surface area (Å²) in [6.07, 6.45) is 0.636. The predicted molar refractivity (Wildman–Crippen MR) is 89.9 cm³/mol. The zero-order chi connectivity index (χ0) is 16.3. The largest absolute Gasteiger partial charge is 0.256 e. The van der Waals surface area contributed by atoms with Gasteiger partial charge in [0.1, 0.15) is 0 Å². The fourth-order valence-electron chi connectivity index (χ4n) is 2.32. The molecule has 2 aromatic rings. The first-order valence-electron chi connectivity index (χ1n) is 7.56. The van der Waals surface area contributed by atoms with Crippen LogP contribution in [0.15, 0.2) is 71.2 Å². The van der Waals surface area contributed by atoms with Crippen LogP contribution >= 0.6 is 0 Å². The Morgan fingerprint density at radius 2 is 1.04 bits per heavy atom. The topological polar surface area (TPSA) is 65.3 Å². The smallest absolute Gasteiger partial charge is 0.0642 e. The number of hydrogen-bond donors (Lipinski definition) is 0. The minimum Gasteiger partial charge on any atom is -0.256 e. The fraction of sp³-hybridized carbons (Fsp3) is 0.294. The highest BCUT2D eigenvalue weighted by molar-refractivity contribution is 5.15. The zero-order valence-electron chi connectivity index (χ0n) is 12.9. The Morgan fingerprint density at radius 1 is 0.652 bits per heavy atom. The highest BCUT2D eigenvalue weighted by Crippen LogP contribution is 2.08. The molecule has 0 heterocycles. The van der Waals surface area contributed by atoms with Gasteiger partial charge in [-0.1, -0.05) is 60.7 Å². The van der Waals surface area contributed by atoms with Crippen LogP contribution in [0.1, 0.15) is 17.5 Å². The zero-order valence-corrected chi connectivity index (χ0v) is 12.9. The molecule has 0 saturated heterocycles. The Labute approximate surface area is 135 Å². The third-order valence-electron chi connectivity index (χ3n) is 3.48. The summed E-state index contributed by atoms with van der Waals surface area (Å²) >= 11 is 0. The van der Waals surface area contributed by atoms with E-state index in [1.807, 2.05) is 60.7 Å². The second-order valence-electron chi connectivity index (χ2n) is 5.26. The van der Waals surface area contributed by atoms with Crippen LogP contribution in [-0.4, -0.2) is 23.1 Å². The van der Waals surface area contributed by atoms with E-state index in [4.69, 9.17) is 0 Å². The van der Waals surface area contributed by atoms with Gasteiger partial charge in [-0.2, -0.15) is 0 Å². The molecule has 0 aliphatic rings. The van der Waals surface area contributed by atoms with Crippen molar-refractivity contribution in [1.29, 1.82) is 0 Å². The van der Waals surface area contributed by atoms with Crippen molar-refractivity contribution in [1.82, 2.24) is 10.0 Å². The van der Waals surface area contributed by atoms with Gasteiger partial charge in [0.05, 0.1) is 23.7 Å². The molecule has 0 aliphatic carbocycles. The molecule has 0 N–H and O–H groups in total. The van der Waals surface area contributed by atoms with Gasteiger partial charge in [0.15, 0.2) is 0 Å². The molecule has 0 aromatic heterocycles. The Balaban J connectivity index is 1.77. The summed E-state index contributed by atoms with van der Waals surface area (Å²) in [5.41, 5.74) is 2.06. The Morgan fingerprint density at radius 3 is 1.39 bits per heavy atom. The normalized spacial score (nSPS) is 10.1. The highest BCUT2D eigenvalue weighted by Gasteiger charge is 2.08. The molecule has 2 rings (SSSR count). The van der Waals surface area contributed by atoms with E-state index in [0.29, 0.717) is 32.6 Å². The van der Waals surface area contributed by atoms with Gasteiger partial charge in [-0.3, -0.25) is 10.0 Å². The molecule has 0 bridgehead atoms. The number of rotatable bonds is 10. The van der Waals surface area contributed by atoms with Crippen molar-refractivity contribution in [2.24, 2.45) is 10.6 Å². The van der Waals surface area contributed by atoms with Gasteiger partial charge in [0.2, 0.25) is 0 Å². The van der Waals surface area contributed by atoms with Gasteiger partial charge in [-0.05, 0) is 17.5 Å². The van der Waals surface area contributed by atoms with E-state index in [2.05, 4.69) is 10.6 Å². The van der Waals surface area contributed by atoms with Gasteiger partial charge in [-0.15, -0.1) is 9.81 Å². The maximum Gasteiger partial charge on any atom is 0.0642 e. The molecule has 0 radical (unpaired) electrons. The lowest BCUT2D eigenvalue weighted by atomic mass is 10.2. The molecule has 0 spiro atoms. The van der Waals surface area contributed by atoms with E-state index in [9.17, 15) is 9.81 Å². The van der Waals surface area contributed by atoms with Crippen LogP contribution < -0.4 is 0 Å². The molecular formula is C17H20N4O2. The average molecular weight is 312 g/mol. The van der Waals surface area contributed by atoms with Crippen molar-refractivity contribution in [2.75, 3.05) is 13.1 Å². The number of hydrogen-bond acceptors (Lipinski definition) is 4. The summed E-state index contributed by atoms with van der Waals surface area (Å²) in [5.74, 6) is 0. The maximum absolute atomic E-state index is 10.9. The van der Waals surface area contributed by atoms with Crippen LogP contribution in [0.2, 0.25) is 0 Å². The number of nitroso groups, excluding NO2 is 2. The summed E-state index contributed by atoms with van der Waals surface area (Å²) in [7, 11) is 0. The lowest BCUT2D eigenvalue weighted by molar-refractivity contribution is 0.224. The van der Waals surface area contributed by atoms with Crippen LogP contribution in [0.5, 0.6) is 0 Å². The van der Waals surface area contributed by atoms with Crippen molar-refractivity contribution in [3.63, 3.8) is 0 Å². The Hall–Kier alpha value is -2.76. The van der Waals surface area contributed by atoms with Gasteiger partial charge in [0, 0.05) is 13.1 Å². The van der Waals surface area contributed by atoms with Crippen molar-refractivity contribution in [3.05, 3.63) is 81.6 Å². The number of benzene rings is 2. The molecule has 6 heteroatoms. The van der Waals surface area contributed by atoms with Gasteiger partial charge < -0.3 is 0 Å². The molecular weight excluding hydrogens is 292 g/mol. The predicted octanol–water partition coefficient (Wildman–Crippen LogP) is 3.74. The van der Waals surface area contributed by atoms with Crippen molar-refractivity contribution in [3.8, 4) is 0 Å². The van der Waals surface area contributed by atoms with Crippen molar-refractivity contribution >= 4 is 0 Å². The minimum absolute atomic E-state index is 0.470. The van der Waals surface area contributed by atoms with Gasteiger partial charge in [-0.25, -0.2) is 0 Å². The second-order valence-corrected chi connectivity index (χ2v) is 5.26. The SMILES string of the molecule is O=NN(CCCN(Cc1ccccc1)N=O)Cc1ccccc1. The van der Waals surface area contributed by atoms with E-state index in [1.54, 1.807) is 0 Å². The monoisotopic (exact) mass is 312 g/mol. The first-order valence-corrected chi connectivity index (χ1v) is 7.56. The lowest BCUT2D eigenvalue weighted by Crippen LogP contribution is -2.24. The van der Waals surface area contributed by atoms with Gasteiger partial charge in [0.25, 0.3) is 0 Å². The molecule has 6 nitrogen and oxygen atoms in total. The summed E-state index contributed by atoms with van der Waals surface area (Å²) in [4.78, 5) is 21.8. The molecule has 0 atom stereocenters. The molecule has 0 amide bonds. The van der Waals surface area contributed by atoms with Crippen LogP contribution in [0, 0.1) is 9.81 Å². The Kier molecular flexibility index (Phi) is 6.71. The summed E-state index contributed by atoms with van der Waals surface area (Å²) in [6.45, 7) is 1.91.